The summed E-state index contributed by atoms with van der Waals surface area (Å²) < 4.78 is 0. The van der Waals surface area contributed by atoms with Crippen LogP contribution in [0.15, 0.2) is 18.2 Å². The van der Waals surface area contributed by atoms with E-state index in [1.54, 1.807) is 18.2 Å². The van der Waals surface area contributed by atoms with Crippen LogP contribution in [0.25, 0.3) is 0 Å². The molecule has 1 unspecified atom stereocenters. The van der Waals surface area contributed by atoms with Crippen LogP contribution < -0.4 is 14.7 Å². The minimum atomic E-state index is -0.285. The number of quaternary nitrogens is 2. The Bertz CT molecular complexity index is 615. The molecule has 2 heterocycles. The zero-order valence-electron chi connectivity index (χ0n) is 12.4. The first-order valence-electron chi connectivity index (χ1n) is 7.45. The Morgan fingerprint density at radius 2 is 1.82 bits per heavy atom. The molecule has 2 fully saturated rings. The summed E-state index contributed by atoms with van der Waals surface area (Å²) in [6, 6.07) is 4.54. The number of likely N-dealkylation sites (N-methyl/N-ethyl adjacent to an activating group) is 1. The second kappa shape index (κ2) is 6.16. The van der Waals surface area contributed by atoms with Gasteiger partial charge >= 0.3 is 0 Å². The van der Waals surface area contributed by atoms with Gasteiger partial charge in [-0.2, -0.15) is 0 Å². The molecule has 118 valence electrons. The fraction of sp³-hybridized carbons (Fsp3) is 0.467. The second-order valence-corrected chi connectivity index (χ2v) is 6.88. The van der Waals surface area contributed by atoms with Crippen LogP contribution in [0.5, 0.6) is 0 Å². The fourth-order valence-electron chi connectivity index (χ4n) is 3.21. The van der Waals surface area contributed by atoms with E-state index in [-0.39, 0.29) is 24.3 Å². The number of benzene rings is 1. The predicted molar refractivity (Wildman–Crippen MR) is 84.7 cm³/mol. The first-order chi connectivity index (χ1) is 10.5. The van der Waals surface area contributed by atoms with E-state index in [1.807, 2.05) is 0 Å². The van der Waals surface area contributed by atoms with Gasteiger partial charge in [0.05, 0.1) is 24.2 Å². The smallest absolute Gasteiger partial charge is 0.292 e. The topological polar surface area (TPSA) is 46.3 Å². The highest BCUT2D eigenvalue weighted by atomic mass is 35.5. The molecule has 1 aromatic rings. The summed E-state index contributed by atoms with van der Waals surface area (Å²) in [5.41, 5.74) is 0.433. The number of carbonyl (C=O) groups is 2. The molecule has 2 N–H and O–H groups in total. The van der Waals surface area contributed by atoms with Gasteiger partial charge in [-0.05, 0) is 18.2 Å². The van der Waals surface area contributed by atoms with Gasteiger partial charge in [-0.25, -0.2) is 4.90 Å². The first kappa shape index (κ1) is 15.7. The standard InChI is InChI=1S/C15H17Cl2N3O2/c1-18-4-6-19(7-5-18)13-9-14(21)20(15(13)22)12-3-2-10(16)8-11(12)17/h2-3,8,13H,4-7,9H2,1H3/p+2. The maximum atomic E-state index is 12.7. The molecule has 22 heavy (non-hydrogen) atoms. The number of nitrogens with one attached hydrogen (secondary N) is 2. The third-order valence-electron chi connectivity index (χ3n) is 4.54. The van der Waals surface area contributed by atoms with Crippen molar-refractivity contribution in [1.29, 1.82) is 0 Å². The predicted octanol–water partition coefficient (Wildman–Crippen LogP) is -0.961. The number of hydrogen-bond acceptors (Lipinski definition) is 2. The number of piperazine rings is 1. The number of hydrogen-bond donors (Lipinski definition) is 2. The van der Waals surface area contributed by atoms with Gasteiger partial charge in [0.2, 0.25) is 5.91 Å². The van der Waals surface area contributed by atoms with Crippen LogP contribution in [0.3, 0.4) is 0 Å². The van der Waals surface area contributed by atoms with E-state index in [0.717, 1.165) is 26.2 Å². The van der Waals surface area contributed by atoms with Crippen molar-refractivity contribution in [2.45, 2.75) is 12.5 Å². The summed E-state index contributed by atoms with van der Waals surface area (Å²) in [6.45, 7) is 3.87. The Balaban J connectivity index is 1.82. The van der Waals surface area contributed by atoms with E-state index in [2.05, 4.69) is 7.05 Å². The Morgan fingerprint density at radius 1 is 1.14 bits per heavy atom. The van der Waals surface area contributed by atoms with E-state index < -0.39 is 0 Å². The minimum Gasteiger partial charge on any atom is -0.328 e. The largest absolute Gasteiger partial charge is 0.328 e. The van der Waals surface area contributed by atoms with Crippen LogP contribution in [-0.4, -0.2) is 51.1 Å². The van der Waals surface area contributed by atoms with Crippen molar-refractivity contribution in [3.8, 4) is 0 Å². The molecule has 1 aromatic carbocycles. The van der Waals surface area contributed by atoms with Crippen molar-refractivity contribution in [2.24, 2.45) is 0 Å². The van der Waals surface area contributed by atoms with Gasteiger partial charge in [0.1, 0.15) is 26.2 Å². The zero-order valence-corrected chi connectivity index (χ0v) is 13.9. The minimum absolute atomic E-state index is 0.149. The number of halogens is 2. The first-order valence-corrected chi connectivity index (χ1v) is 8.20. The summed E-state index contributed by atoms with van der Waals surface area (Å²) in [7, 11) is 2.15. The van der Waals surface area contributed by atoms with Crippen molar-refractivity contribution < 1.29 is 19.4 Å². The third kappa shape index (κ3) is 2.86. The third-order valence-corrected chi connectivity index (χ3v) is 5.07. The lowest BCUT2D eigenvalue weighted by Gasteiger charge is -2.30. The lowest BCUT2D eigenvalue weighted by Crippen LogP contribution is -3.29. The molecule has 3 rings (SSSR count). The van der Waals surface area contributed by atoms with Crippen molar-refractivity contribution in [1.82, 2.24) is 0 Å². The summed E-state index contributed by atoms with van der Waals surface area (Å²) in [6.07, 6.45) is 0.256. The van der Waals surface area contributed by atoms with Gasteiger partial charge in [0.15, 0.2) is 6.04 Å². The van der Waals surface area contributed by atoms with Gasteiger partial charge in [-0.1, -0.05) is 23.2 Å². The SMILES string of the molecule is C[NH+]1CC[NH+](C2CC(=O)N(c3ccc(Cl)cc3Cl)C2=O)CC1. The molecular weight excluding hydrogens is 325 g/mol. The molecular formula is C15H19Cl2N3O2+2. The molecule has 2 saturated heterocycles. The molecule has 0 bridgehead atoms. The van der Waals surface area contributed by atoms with Crippen LogP contribution in [0.4, 0.5) is 5.69 Å². The highest BCUT2D eigenvalue weighted by molar-refractivity contribution is 6.38. The number of carbonyl (C=O) groups excluding carboxylic acids is 2. The number of imide groups is 1. The van der Waals surface area contributed by atoms with Crippen LogP contribution in [-0.2, 0) is 9.59 Å². The van der Waals surface area contributed by atoms with Crippen molar-refractivity contribution in [3.05, 3.63) is 28.2 Å². The molecule has 2 aliphatic heterocycles. The normalized spacial score (nSPS) is 29.2. The van der Waals surface area contributed by atoms with Crippen molar-refractivity contribution >= 4 is 40.7 Å². The van der Waals surface area contributed by atoms with Crippen LogP contribution in [0.2, 0.25) is 10.0 Å². The Hall–Kier alpha value is -1.14. The Morgan fingerprint density at radius 3 is 2.45 bits per heavy atom. The number of amides is 2. The Kier molecular flexibility index (Phi) is 4.41. The van der Waals surface area contributed by atoms with Gasteiger partial charge < -0.3 is 9.80 Å². The maximum Gasteiger partial charge on any atom is 0.292 e. The maximum absolute atomic E-state index is 12.7. The quantitative estimate of drug-likeness (QED) is 0.679. The van der Waals surface area contributed by atoms with Gasteiger partial charge in [0, 0.05) is 5.02 Å². The lowest BCUT2D eigenvalue weighted by atomic mass is 10.2. The summed E-state index contributed by atoms with van der Waals surface area (Å²) >= 11 is 12.0. The van der Waals surface area contributed by atoms with E-state index in [4.69, 9.17) is 23.2 Å². The average molecular weight is 344 g/mol. The highest BCUT2D eigenvalue weighted by Crippen LogP contribution is 2.31. The fourth-order valence-corrected chi connectivity index (χ4v) is 3.71. The van der Waals surface area contributed by atoms with Crippen molar-refractivity contribution in [3.63, 3.8) is 0 Å². The summed E-state index contributed by atoms with van der Waals surface area (Å²) in [5, 5.41) is 0.810. The number of nitrogens with zero attached hydrogens (tertiary/aromatic N) is 1. The summed E-state index contributed by atoms with van der Waals surface area (Å²) in [4.78, 5) is 29.0. The van der Waals surface area contributed by atoms with Crippen LogP contribution in [0, 0.1) is 0 Å². The Labute approximate surface area is 139 Å². The molecule has 2 amide bonds. The van der Waals surface area contributed by atoms with Gasteiger partial charge in [-0.3, -0.25) is 9.59 Å². The second-order valence-electron chi connectivity index (χ2n) is 6.04. The van der Waals surface area contributed by atoms with Crippen LogP contribution >= 0.6 is 23.2 Å². The molecule has 1 atom stereocenters. The van der Waals surface area contributed by atoms with Gasteiger partial charge in [-0.15, -0.1) is 0 Å². The molecule has 2 aliphatic rings. The van der Waals surface area contributed by atoms with Crippen molar-refractivity contribution in [2.75, 3.05) is 38.1 Å². The highest BCUT2D eigenvalue weighted by Gasteiger charge is 2.47. The summed E-state index contributed by atoms with van der Waals surface area (Å²) in [5.74, 6) is -0.332. The molecule has 7 heteroatoms. The van der Waals surface area contributed by atoms with E-state index in [1.165, 1.54) is 14.7 Å². The monoisotopic (exact) mass is 343 g/mol. The molecule has 0 aromatic heterocycles. The van der Waals surface area contributed by atoms with Crippen LogP contribution in [0.1, 0.15) is 6.42 Å². The van der Waals surface area contributed by atoms with E-state index in [9.17, 15) is 9.59 Å². The molecule has 0 aliphatic carbocycles. The average Bonchev–Trinajstić information content (AvgIpc) is 2.76. The molecule has 0 radical (unpaired) electrons. The number of rotatable bonds is 2. The van der Waals surface area contributed by atoms with E-state index >= 15 is 0 Å². The van der Waals surface area contributed by atoms with E-state index in [0.29, 0.717) is 15.7 Å². The number of anilines is 1. The molecule has 0 saturated carbocycles. The molecule has 0 spiro atoms. The lowest BCUT2D eigenvalue weighted by molar-refractivity contribution is -1.01. The van der Waals surface area contributed by atoms with Gasteiger partial charge in [0.25, 0.3) is 5.91 Å². The molecule has 5 nitrogen and oxygen atoms in total. The zero-order chi connectivity index (χ0) is 15.9.